The lowest BCUT2D eigenvalue weighted by atomic mass is 10.0. The smallest absolute Gasteiger partial charge is 0.318 e. The molecule has 0 aliphatic carbocycles. The minimum absolute atomic E-state index is 0.0232. The van der Waals surface area contributed by atoms with Gasteiger partial charge in [-0.15, -0.1) is 0 Å². The third-order valence-electron chi connectivity index (χ3n) is 4.41. The van der Waals surface area contributed by atoms with Crippen molar-refractivity contribution in [2.75, 3.05) is 5.32 Å². The highest BCUT2D eigenvalue weighted by Gasteiger charge is 2.34. The van der Waals surface area contributed by atoms with Gasteiger partial charge in [-0.1, -0.05) is 18.2 Å². The lowest BCUT2D eigenvalue weighted by molar-refractivity contribution is -0.137. The molecular formula is C20H13F4N5O. The summed E-state index contributed by atoms with van der Waals surface area (Å²) in [5.74, 6) is -1.45. The van der Waals surface area contributed by atoms with E-state index in [2.05, 4.69) is 20.4 Å². The minimum atomic E-state index is -4.57. The number of fused-ring (bicyclic) bond motifs is 1. The maximum absolute atomic E-state index is 13.8. The first-order valence-corrected chi connectivity index (χ1v) is 8.68. The highest BCUT2D eigenvalue weighted by molar-refractivity contribution is 6.03. The minimum Gasteiger partial charge on any atom is -0.318 e. The zero-order chi connectivity index (χ0) is 21.5. The molecule has 0 aliphatic rings. The summed E-state index contributed by atoms with van der Waals surface area (Å²) in [6.07, 6.45) is -1.10. The Hall–Kier alpha value is -3.82. The predicted molar refractivity (Wildman–Crippen MR) is 100 cm³/mol. The number of imidazole rings is 1. The number of halogens is 4. The summed E-state index contributed by atoms with van der Waals surface area (Å²) in [6, 6.07) is 7.78. The van der Waals surface area contributed by atoms with Gasteiger partial charge in [-0.25, -0.2) is 13.9 Å². The van der Waals surface area contributed by atoms with Crippen molar-refractivity contribution >= 4 is 17.2 Å². The summed E-state index contributed by atoms with van der Waals surface area (Å²) in [6.45, 7) is 1.65. The van der Waals surface area contributed by atoms with Gasteiger partial charge in [0, 0.05) is 11.8 Å². The van der Waals surface area contributed by atoms with Crippen molar-refractivity contribution in [3.05, 3.63) is 77.6 Å². The first kappa shape index (κ1) is 19.5. The fourth-order valence-corrected chi connectivity index (χ4v) is 3.03. The van der Waals surface area contributed by atoms with Crippen LogP contribution in [0.1, 0.15) is 21.6 Å². The van der Waals surface area contributed by atoms with Gasteiger partial charge in [0.15, 0.2) is 17.2 Å². The number of rotatable bonds is 3. The molecule has 0 saturated heterocycles. The second-order valence-corrected chi connectivity index (χ2v) is 6.44. The van der Waals surface area contributed by atoms with Crippen LogP contribution in [-0.4, -0.2) is 25.5 Å². The molecule has 0 bridgehead atoms. The van der Waals surface area contributed by atoms with Crippen LogP contribution in [0, 0.1) is 12.7 Å². The Morgan fingerprint density at radius 2 is 1.90 bits per heavy atom. The van der Waals surface area contributed by atoms with Crippen molar-refractivity contribution < 1.29 is 22.4 Å². The molecule has 0 saturated carbocycles. The van der Waals surface area contributed by atoms with Gasteiger partial charge in [-0.05, 0) is 30.7 Å². The van der Waals surface area contributed by atoms with Crippen molar-refractivity contribution in [2.45, 2.75) is 13.1 Å². The van der Waals surface area contributed by atoms with Crippen LogP contribution in [0.2, 0.25) is 0 Å². The Morgan fingerprint density at radius 3 is 2.63 bits per heavy atom. The molecule has 0 spiro atoms. The fraction of sp³-hybridized carbons (Fsp3) is 0.100. The molecule has 30 heavy (non-hydrogen) atoms. The molecule has 4 rings (SSSR count). The van der Waals surface area contributed by atoms with E-state index >= 15 is 0 Å². The average molecular weight is 415 g/mol. The van der Waals surface area contributed by atoms with Gasteiger partial charge in [0.25, 0.3) is 5.91 Å². The van der Waals surface area contributed by atoms with E-state index in [0.717, 1.165) is 16.8 Å². The highest BCUT2D eigenvalue weighted by atomic mass is 19.4. The lowest BCUT2D eigenvalue weighted by Gasteiger charge is -2.13. The molecule has 1 amide bonds. The maximum Gasteiger partial charge on any atom is 0.417 e. The maximum atomic E-state index is 13.8. The molecule has 0 radical (unpaired) electrons. The van der Waals surface area contributed by atoms with Gasteiger partial charge in [-0.2, -0.15) is 18.3 Å². The summed E-state index contributed by atoms with van der Waals surface area (Å²) in [5, 5.41) is 6.60. The van der Waals surface area contributed by atoms with Gasteiger partial charge >= 0.3 is 6.18 Å². The molecule has 6 nitrogen and oxygen atoms in total. The third kappa shape index (κ3) is 3.47. The molecule has 0 aliphatic heterocycles. The largest absolute Gasteiger partial charge is 0.417 e. The zero-order valence-electron chi connectivity index (χ0n) is 15.4. The molecule has 0 atom stereocenters. The number of carbonyl (C=O) groups is 1. The normalized spacial score (nSPS) is 11.6. The molecule has 0 unspecified atom stereocenters. The van der Waals surface area contributed by atoms with Crippen LogP contribution in [0.25, 0.3) is 16.9 Å². The van der Waals surface area contributed by atoms with E-state index in [1.165, 1.54) is 42.7 Å². The number of benzene rings is 1. The van der Waals surface area contributed by atoms with E-state index in [0.29, 0.717) is 11.2 Å². The monoisotopic (exact) mass is 415 g/mol. The summed E-state index contributed by atoms with van der Waals surface area (Å²) in [7, 11) is 0. The molecule has 3 heterocycles. The second kappa shape index (κ2) is 7.21. The van der Waals surface area contributed by atoms with E-state index in [9.17, 15) is 22.4 Å². The van der Waals surface area contributed by atoms with E-state index < -0.39 is 23.5 Å². The fourth-order valence-electron chi connectivity index (χ4n) is 3.03. The van der Waals surface area contributed by atoms with Gasteiger partial charge in [-0.3, -0.25) is 9.78 Å². The average Bonchev–Trinajstić information content (AvgIpc) is 3.14. The Bertz CT molecular complexity index is 1270. The van der Waals surface area contributed by atoms with Gasteiger partial charge in [0.1, 0.15) is 0 Å². The number of carbonyl (C=O) groups excluding carboxylic acids is 1. The molecule has 10 heteroatoms. The molecule has 152 valence electrons. The first-order valence-electron chi connectivity index (χ1n) is 8.68. The van der Waals surface area contributed by atoms with Gasteiger partial charge < -0.3 is 5.32 Å². The second-order valence-electron chi connectivity index (χ2n) is 6.44. The van der Waals surface area contributed by atoms with Crippen LogP contribution in [0.5, 0.6) is 0 Å². The van der Waals surface area contributed by atoms with Crippen LogP contribution in [0.4, 0.5) is 23.2 Å². The highest BCUT2D eigenvalue weighted by Crippen LogP contribution is 2.36. The van der Waals surface area contributed by atoms with Crippen molar-refractivity contribution in [2.24, 2.45) is 0 Å². The number of amides is 1. The summed E-state index contributed by atoms with van der Waals surface area (Å²) >= 11 is 0. The van der Waals surface area contributed by atoms with E-state index in [-0.39, 0.29) is 22.6 Å². The first-order chi connectivity index (χ1) is 14.3. The van der Waals surface area contributed by atoms with Crippen molar-refractivity contribution in [1.82, 2.24) is 19.6 Å². The molecular weight excluding hydrogens is 402 g/mol. The number of nitrogens with one attached hydrogen (secondary N) is 1. The molecule has 1 aromatic carbocycles. The lowest BCUT2D eigenvalue weighted by Crippen LogP contribution is -2.17. The quantitative estimate of drug-likeness (QED) is 0.500. The SMILES string of the molecule is Cc1cc(-c2ccccc2C(F)(F)F)nn2c(C(=O)Nc3ccncc3F)cnc12. The molecule has 3 aromatic heterocycles. The van der Waals surface area contributed by atoms with Gasteiger partial charge in [0.2, 0.25) is 0 Å². The van der Waals surface area contributed by atoms with E-state index in [1.54, 1.807) is 6.92 Å². The van der Waals surface area contributed by atoms with Crippen LogP contribution in [0.15, 0.2) is 55.0 Å². The Morgan fingerprint density at radius 1 is 1.13 bits per heavy atom. The van der Waals surface area contributed by atoms with Crippen molar-refractivity contribution in [3.63, 3.8) is 0 Å². The molecule has 0 fully saturated rings. The summed E-state index contributed by atoms with van der Waals surface area (Å²) < 4.78 is 55.2. The van der Waals surface area contributed by atoms with Crippen LogP contribution in [0.3, 0.4) is 0 Å². The number of hydrogen-bond acceptors (Lipinski definition) is 4. The Labute approximate surface area is 167 Å². The Kier molecular flexibility index (Phi) is 4.69. The predicted octanol–water partition coefficient (Wildman–Crippen LogP) is 4.51. The molecule has 4 aromatic rings. The number of aryl methyl sites for hydroxylation is 1. The number of hydrogen-bond donors (Lipinski definition) is 1. The third-order valence-corrected chi connectivity index (χ3v) is 4.41. The van der Waals surface area contributed by atoms with Crippen LogP contribution < -0.4 is 5.32 Å². The number of aromatic nitrogens is 4. The number of alkyl halides is 3. The number of nitrogens with zero attached hydrogens (tertiary/aromatic N) is 4. The van der Waals surface area contributed by atoms with E-state index in [1.807, 2.05) is 0 Å². The zero-order valence-corrected chi connectivity index (χ0v) is 15.4. The van der Waals surface area contributed by atoms with E-state index in [4.69, 9.17) is 0 Å². The topological polar surface area (TPSA) is 72.2 Å². The van der Waals surface area contributed by atoms with Crippen LogP contribution in [-0.2, 0) is 6.18 Å². The standard InChI is InChI=1S/C20H13F4N5O/c1-11-8-16(12-4-2-3-5-13(12)20(22,23)24)28-29-17(10-26-18(11)29)19(30)27-15-6-7-25-9-14(15)21/h2-10H,1H3,(H,25,27,30). The molecule has 1 N–H and O–H groups in total. The summed E-state index contributed by atoms with van der Waals surface area (Å²) in [4.78, 5) is 20.4. The van der Waals surface area contributed by atoms with Crippen molar-refractivity contribution in [1.29, 1.82) is 0 Å². The van der Waals surface area contributed by atoms with Crippen LogP contribution >= 0.6 is 0 Å². The number of pyridine rings is 1. The summed E-state index contributed by atoms with van der Waals surface area (Å²) in [5.41, 5.74) is -0.294. The van der Waals surface area contributed by atoms with Crippen molar-refractivity contribution in [3.8, 4) is 11.3 Å². The Balaban J connectivity index is 1.82. The number of anilines is 1. The van der Waals surface area contributed by atoms with Gasteiger partial charge in [0.05, 0.1) is 29.3 Å².